The van der Waals surface area contributed by atoms with Crippen LogP contribution in [0, 0.1) is 3.57 Å². The van der Waals surface area contributed by atoms with Crippen LogP contribution in [0.4, 0.5) is 0 Å². The molecule has 0 aliphatic rings. The molecule has 2 aromatic carbocycles. The summed E-state index contributed by atoms with van der Waals surface area (Å²) in [7, 11) is 1.55. The van der Waals surface area contributed by atoms with E-state index in [-0.39, 0.29) is 12.2 Å². The Morgan fingerprint density at radius 2 is 2.05 bits per heavy atom. The quantitative estimate of drug-likeness (QED) is 0.801. The van der Waals surface area contributed by atoms with E-state index in [1.807, 2.05) is 24.3 Å². The normalized spacial score (nSPS) is 10.1. The number of benzene rings is 2. The van der Waals surface area contributed by atoms with Crippen molar-refractivity contribution < 1.29 is 19.4 Å². The molecule has 0 heterocycles. The molecule has 0 saturated heterocycles. The SMILES string of the molecule is COc1ccc(C(=O)O)cc1COc1cccc(I)c1. The Hall–Kier alpha value is -1.76. The van der Waals surface area contributed by atoms with E-state index in [4.69, 9.17) is 14.6 Å². The maximum absolute atomic E-state index is 11.0. The summed E-state index contributed by atoms with van der Waals surface area (Å²) in [5, 5.41) is 9.01. The van der Waals surface area contributed by atoms with Gasteiger partial charge >= 0.3 is 5.97 Å². The van der Waals surface area contributed by atoms with Crippen molar-refractivity contribution in [3.05, 3.63) is 57.2 Å². The Kier molecular flexibility index (Phi) is 4.84. The molecule has 0 amide bonds. The minimum atomic E-state index is -0.969. The predicted octanol–water partition coefficient (Wildman–Crippen LogP) is 3.58. The van der Waals surface area contributed by atoms with Crippen LogP contribution in [0.1, 0.15) is 15.9 Å². The molecule has 0 aliphatic heterocycles. The summed E-state index contributed by atoms with van der Waals surface area (Å²) in [5.74, 6) is 0.378. The van der Waals surface area contributed by atoms with E-state index in [0.29, 0.717) is 11.3 Å². The fourth-order valence-electron chi connectivity index (χ4n) is 1.74. The molecule has 0 atom stereocenters. The first kappa shape index (κ1) is 14.6. The van der Waals surface area contributed by atoms with E-state index in [0.717, 1.165) is 9.32 Å². The lowest BCUT2D eigenvalue weighted by Crippen LogP contribution is -2.03. The number of hydrogen-bond donors (Lipinski definition) is 1. The molecule has 4 nitrogen and oxygen atoms in total. The van der Waals surface area contributed by atoms with Crippen molar-refractivity contribution in [2.75, 3.05) is 7.11 Å². The van der Waals surface area contributed by atoms with Crippen LogP contribution >= 0.6 is 22.6 Å². The molecule has 20 heavy (non-hydrogen) atoms. The second-order valence-corrected chi connectivity index (χ2v) is 5.32. The number of ether oxygens (including phenoxy) is 2. The summed E-state index contributed by atoms with van der Waals surface area (Å²) >= 11 is 2.21. The number of carbonyl (C=O) groups is 1. The van der Waals surface area contributed by atoms with Gasteiger partial charge in [-0.2, -0.15) is 0 Å². The van der Waals surface area contributed by atoms with E-state index in [1.165, 1.54) is 6.07 Å². The molecular formula is C15H13IO4. The number of rotatable bonds is 5. The van der Waals surface area contributed by atoms with Gasteiger partial charge in [0.25, 0.3) is 0 Å². The van der Waals surface area contributed by atoms with Gasteiger partial charge < -0.3 is 14.6 Å². The number of methoxy groups -OCH3 is 1. The molecule has 0 aliphatic carbocycles. The van der Waals surface area contributed by atoms with E-state index in [1.54, 1.807) is 19.2 Å². The molecule has 1 N–H and O–H groups in total. The van der Waals surface area contributed by atoms with Crippen LogP contribution in [0.3, 0.4) is 0 Å². The minimum Gasteiger partial charge on any atom is -0.496 e. The standard InChI is InChI=1S/C15H13IO4/c1-19-14-6-5-10(15(17)18)7-11(14)9-20-13-4-2-3-12(16)8-13/h2-8H,9H2,1H3,(H,17,18). The molecule has 0 fully saturated rings. The number of hydrogen-bond acceptors (Lipinski definition) is 3. The molecule has 0 radical (unpaired) electrons. The van der Waals surface area contributed by atoms with Crippen molar-refractivity contribution in [2.45, 2.75) is 6.61 Å². The van der Waals surface area contributed by atoms with Crippen molar-refractivity contribution in [3.63, 3.8) is 0 Å². The summed E-state index contributed by atoms with van der Waals surface area (Å²) < 4.78 is 12.0. The monoisotopic (exact) mass is 384 g/mol. The highest BCUT2D eigenvalue weighted by atomic mass is 127. The van der Waals surface area contributed by atoms with Gasteiger partial charge in [0.1, 0.15) is 18.1 Å². The van der Waals surface area contributed by atoms with Gasteiger partial charge in [-0.05, 0) is 59.0 Å². The second kappa shape index (κ2) is 6.60. The summed E-state index contributed by atoms with van der Waals surface area (Å²) in [5.41, 5.74) is 0.915. The largest absolute Gasteiger partial charge is 0.496 e. The van der Waals surface area contributed by atoms with Crippen LogP contribution in [0.15, 0.2) is 42.5 Å². The van der Waals surface area contributed by atoms with E-state index in [9.17, 15) is 4.79 Å². The maximum atomic E-state index is 11.0. The van der Waals surface area contributed by atoms with Gasteiger partial charge in [-0.3, -0.25) is 0 Å². The smallest absolute Gasteiger partial charge is 0.335 e. The summed E-state index contributed by atoms with van der Waals surface area (Å²) in [6, 6.07) is 12.4. The van der Waals surface area contributed by atoms with Gasteiger partial charge in [0, 0.05) is 9.13 Å². The van der Waals surface area contributed by atoms with Crippen LogP contribution in [0.25, 0.3) is 0 Å². The van der Waals surface area contributed by atoms with Gasteiger partial charge in [-0.15, -0.1) is 0 Å². The van der Waals surface area contributed by atoms with Crippen LogP contribution in [0.2, 0.25) is 0 Å². The Morgan fingerprint density at radius 1 is 1.25 bits per heavy atom. The Labute approximate surface area is 130 Å². The Balaban J connectivity index is 2.19. The van der Waals surface area contributed by atoms with Crippen LogP contribution in [-0.4, -0.2) is 18.2 Å². The molecule has 0 saturated carbocycles. The first-order valence-electron chi connectivity index (χ1n) is 5.88. The lowest BCUT2D eigenvalue weighted by Gasteiger charge is -2.11. The minimum absolute atomic E-state index is 0.215. The van der Waals surface area contributed by atoms with Gasteiger partial charge in [0.2, 0.25) is 0 Å². The van der Waals surface area contributed by atoms with Crippen LogP contribution in [-0.2, 0) is 6.61 Å². The fraction of sp³-hybridized carbons (Fsp3) is 0.133. The summed E-state index contributed by atoms with van der Waals surface area (Å²) in [4.78, 5) is 11.0. The van der Waals surface area contributed by atoms with E-state index >= 15 is 0 Å². The lowest BCUT2D eigenvalue weighted by atomic mass is 10.1. The zero-order chi connectivity index (χ0) is 14.5. The molecule has 2 rings (SSSR count). The highest BCUT2D eigenvalue weighted by Crippen LogP contribution is 2.23. The first-order chi connectivity index (χ1) is 9.60. The molecule has 104 valence electrons. The fourth-order valence-corrected chi connectivity index (χ4v) is 2.26. The van der Waals surface area contributed by atoms with Crippen molar-refractivity contribution >= 4 is 28.6 Å². The molecule has 2 aromatic rings. The summed E-state index contributed by atoms with van der Waals surface area (Å²) in [6.07, 6.45) is 0. The summed E-state index contributed by atoms with van der Waals surface area (Å²) in [6.45, 7) is 0.254. The average Bonchev–Trinajstić information content (AvgIpc) is 2.44. The van der Waals surface area contributed by atoms with Gasteiger partial charge in [-0.1, -0.05) is 6.07 Å². The number of aromatic carboxylic acids is 1. The highest BCUT2D eigenvalue weighted by molar-refractivity contribution is 14.1. The van der Waals surface area contributed by atoms with Gasteiger partial charge in [0.05, 0.1) is 12.7 Å². The number of halogens is 1. The Morgan fingerprint density at radius 3 is 2.70 bits per heavy atom. The number of carboxylic acid groups (broad SMARTS) is 1. The third-order valence-electron chi connectivity index (χ3n) is 2.72. The zero-order valence-electron chi connectivity index (χ0n) is 10.8. The molecule has 0 spiro atoms. The zero-order valence-corrected chi connectivity index (χ0v) is 13.0. The third kappa shape index (κ3) is 3.63. The highest BCUT2D eigenvalue weighted by Gasteiger charge is 2.09. The average molecular weight is 384 g/mol. The predicted molar refractivity (Wildman–Crippen MR) is 83.4 cm³/mol. The van der Waals surface area contributed by atoms with Crippen molar-refractivity contribution in [2.24, 2.45) is 0 Å². The maximum Gasteiger partial charge on any atom is 0.335 e. The van der Waals surface area contributed by atoms with Crippen molar-refractivity contribution in [1.82, 2.24) is 0 Å². The topological polar surface area (TPSA) is 55.8 Å². The van der Waals surface area contributed by atoms with Gasteiger partial charge in [-0.25, -0.2) is 4.79 Å². The second-order valence-electron chi connectivity index (χ2n) is 4.08. The molecular weight excluding hydrogens is 371 g/mol. The molecule has 0 bridgehead atoms. The van der Waals surface area contributed by atoms with E-state index < -0.39 is 5.97 Å². The van der Waals surface area contributed by atoms with Gasteiger partial charge in [0.15, 0.2) is 0 Å². The lowest BCUT2D eigenvalue weighted by molar-refractivity contribution is 0.0696. The number of carboxylic acids is 1. The van der Waals surface area contributed by atoms with E-state index in [2.05, 4.69) is 22.6 Å². The third-order valence-corrected chi connectivity index (χ3v) is 3.39. The molecule has 0 unspecified atom stereocenters. The Bertz CT molecular complexity index is 625. The molecule has 0 aromatic heterocycles. The van der Waals surface area contributed by atoms with Crippen molar-refractivity contribution in [3.8, 4) is 11.5 Å². The van der Waals surface area contributed by atoms with Crippen LogP contribution < -0.4 is 9.47 Å². The van der Waals surface area contributed by atoms with Crippen molar-refractivity contribution in [1.29, 1.82) is 0 Å². The van der Waals surface area contributed by atoms with Crippen LogP contribution in [0.5, 0.6) is 11.5 Å². The first-order valence-corrected chi connectivity index (χ1v) is 6.96. The molecule has 5 heteroatoms.